The van der Waals surface area contributed by atoms with Gasteiger partial charge in [-0.15, -0.1) is 11.3 Å². The summed E-state index contributed by atoms with van der Waals surface area (Å²) >= 11 is 1.44. The van der Waals surface area contributed by atoms with Crippen molar-refractivity contribution in [1.29, 1.82) is 0 Å². The number of ether oxygens (including phenoxy) is 1. The molecule has 2 fully saturated rings. The topological polar surface area (TPSA) is 62.7 Å². The van der Waals surface area contributed by atoms with Crippen LogP contribution in [0.3, 0.4) is 0 Å². The quantitative estimate of drug-likeness (QED) is 0.796. The zero-order valence-electron chi connectivity index (χ0n) is 16.1. The highest BCUT2D eigenvalue weighted by Crippen LogP contribution is 2.30. The van der Waals surface area contributed by atoms with Crippen LogP contribution in [-0.2, 0) is 9.53 Å². The van der Waals surface area contributed by atoms with Crippen molar-refractivity contribution in [3.05, 3.63) is 40.9 Å². The number of carbonyl (C=O) groups excluding carboxylic acids is 2. The maximum atomic E-state index is 13.2. The average Bonchev–Trinajstić information content (AvgIpc) is 3.15. The van der Waals surface area contributed by atoms with Crippen molar-refractivity contribution in [3.63, 3.8) is 0 Å². The van der Waals surface area contributed by atoms with Crippen molar-refractivity contribution in [2.24, 2.45) is 5.92 Å². The minimum Gasteiger partial charge on any atom is -0.378 e. The minimum atomic E-state index is -0.113. The molecule has 1 aromatic carbocycles. The summed E-state index contributed by atoms with van der Waals surface area (Å²) in [7, 11) is 0. The third-order valence-electron chi connectivity index (χ3n) is 5.39. The molecule has 0 spiro atoms. The molecule has 0 radical (unpaired) electrons. The molecule has 2 aliphatic rings. The van der Waals surface area contributed by atoms with Crippen LogP contribution in [-0.4, -0.2) is 66.0 Å². The molecule has 0 aliphatic carbocycles. The van der Waals surface area contributed by atoms with Crippen molar-refractivity contribution >= 4 is 23.2 Å². The number of hydrogen-bond donors (Lipinski definition) is 0. The lowest BCUT2D eigenvalue weighted by atomic mass is 9.96. The van der Waals surface area contributed by atoms with Crippen LogP contribution in [0, 0.1) is 12.8 Å². The van der Waals surface area contributed by atoms with E-state index in [4.69, 9.17) is 4.74 Å². The first kappa shape index (κ1) is 19.1. The lowest BCUT2D eigenvalue weighted by Crippen LogP contribution is -2.49. The Labute approximate surface area is 169 Å². The van der Waals surface area contributed by atoms with Crippen LogP contribution in [0.5, 0.6) is 0 Å². The molecular weight excluding hydrogens is 374 g/mol. The first-order chi connectivity index (χ1) is 13.6. The van der Waals surface area contributed by atoms with E-state index in [-0.39, 0.29) is 17.7 Å². The Morgan fingerprint density at radius 1 is 1.11 bits per heavy atom. The zero-order chi connectivity index (χ0) is 19.5. The molecule has 1 unspecified atom stereocenters. The number of likely N-dealkylation sites (tertiary alicyclic amines) is 1. The summed E-state index contributed by atoms with van der Waals surface area (Å²) < 4.78 is 5.34. The monoisotopic (exact) mass is 399 g/mol. The van der Waals surface area contributed by atoms with E-state index < -0.39 is 0 Å². The number of hydrogen-bond acceptors (Lipinski definition) is 5. The average molecular weight is 400 g/mol. The first-order valence-electron chi connectivity index (χ1n) is 9.82. The van der Waals surface area contributed by atoms with E-state index in [9.17, 15) is 9.59 Å². The fourth-order valence-electron chi connectivity index (χ4n) is 3.85. The van der Waals surface area contributed by atoms with Crippen molar-refractivity contribution in [2.75, 3.05) is 39.4 Å². The second-order valence-corrected chi connectivity index (χ2v) is 8.33. The van der Waals surface area contributed by atoms with E-state index in [1.54, 1.807) is 0 Å². The number of rotatable bonds is 3. The molecule has 4 rings (SSSR count). The molecule has 148 valence electrons. The van der Waals surface area contributed by atoms with Gasteiger partial charge in [-0.05, 0) is 19.8 Å². The van der Waals surface area contributed by atoms with E-state index in [0.717, 1.165) is 29.1 Å². The number of carbonyl (C=O) groups is 2. The number of thiazole rings is 1. The Bertz CT molecular complexity index is 846. The highest BCUT2D eigenvalue weighted by Gasteiger charge is 2.33. The van der Waals surface area contributed by atoms with E-state index in [0.29, 0.717) is 44.3 Å². The van der Waals surface area contributed by atoms with Crippen LogP contribution in [0.4, 0.5) is 0 Å². The van der Waals surface area contributed by atoms with Gasteiger partial charge in [0.1, 0.15) is 9.88 Å². The number of nitrogens with zero attached hydrogens (tertiary/aromatic N) is 3. The number of benzene rings is 1. The van der Waals surface area contributed by atoms with Gasteiger partial charge in [-0.3, -0.25) is 9.59 Å². The minimum absolute atomic E-state index is 0.00309. The van der Waals surface area contributed by atoms with Gasteiger partial charge in [0.2, 0.25) is 5.91 Å². The Kier molecular flexibility index (Phi) is 5.73. The fraction of sp³-hybridized carbons (Fsp3) is 0.476. The summed E-state index contributed by atoms with van der Waals surface area (Å²) in [5.74, 6) is 0.0427. The van der Waals surface area contributed by atoms with Crippen molar-refractivity contribution in [3.8, 4) is 10.6 Å². The van der Waals surface area contributed by atoms with Gasteiger partial charge in [0.15, 0.2) is 0 Å². The first-order valence-corrected chi connectivity index (χ1v) is 10.6. The molecule has 0 N–H and O–H groups in total. The molecule has 0 saturated carbocycles. The number of morpholine rings is 1. The number of aryl methyl sites for hydroxylation is 1. The van der Waals surface area contributed by atoms with Crippen LogP contribution < -0.4 is 0 Å². The summed E-state index contributed by atoms with van der Waals surface area (Å²) in [6.45, 7) is 5.58. The molecule has 2 aromatic rings. The van der Waals surface area contributed by atoms with Gasteiger partial charge in [-0.25, -0.2) is 4.98 Å². The molecule has 2 aliphatic heterocycles. The molecule has 1 atom stereocenters. The summed E-state index contributed by atoms with van der Waals surface area (Å²) in [4.78, 5) is 35.0. The molecule has 2 saturated heterocycles. The Morgan fingerprint density at radius 2 is 1.86 bits per heavy atom. The van der Waals surface area contributed by atoms with Gasteiger partial charge < -0.3 is 14.5 Å². The van der Waals surface area contributed by atoms with Gasteiger partial charge in [0, 0.05) is 31.7 Å². The molecule has 2 amide bonds. The van der Waals surface area contributed by atoms with Crippen LogP contribution in [0.15, 0.2) is 30.3 Å². The van der Waals surface area contributed by atoms with Crippen LogP contribution in [0.2, 0.25) is 0 Å². The summed E-state index contributed by atoms with van der Waals surface area (Å²) in [6.07, 6.45) is 1.70. The van der Waals surface area contributed by atoms with Crippen LogP contribution in [0.1, 0.15) is 28.2 Å². The van der Waals surface area contributed by atoms with Gasteiger partial charge >= 0.3 is 0 Å². The SMILES string of the molecule is Cc1nc(-c2ccccc2)sc1C(=O)N1CCCC(C(=O)N2CCOCC2)C1. The van der Waals surface area contributed by atoms with Crippen molar-refractivity contribution < 1.29 is 14.3 Å². The van der Waals surface area contributed by atoms with E-state index in [2.05, 4.69) is 4.98 Å². The largest absolute Gasteiger partial charge is 0.378 e. The number of aromatic nitrogens is 1. The second-order valence-electron chi connectivity index (χ2n) is 7.33. The highest BCUT2D eigenvalue weighted by molar-refractivity contribution is 7.17. The molecule has 6 nitrogen and oxygen atoms in total. The molecule has 7 heteroatoms. The molecule has 28 heavy (non-hydrogen) atoms. The van der Waals surface area contributed by atoms with E-state index in [1.165, 1.54) is 11.3 Å². The van der Waals surface area contributed by atoms with Gasteiger partial charge in [0.05, 0.1) is 24.8 Å². The lowest BCUT2D eigenvalue weighted by molar-refractivity contribution is -0.141. The van der Waals surface area contributed by atoms with Crippen molar-refractivity contribution in [1.82, 2.24) is 14.8 Å². The highest BCUT2D eigenvalue weighted by atomic mass is 32.1. The van der Waals surface area contributed by atoms with Gasteiger partial charge in [-0.2, -0.15) is 0 Å². The Hall–Kier alpha value is -2.25. The summed E-state index contributed by atoms with van der Waals surface area (Å²) in [5, 5.41) is 0.861. The fourth-order valence-corrected chi connectivity index (χ4v) is 4.89. The van der Waals surface area contributed by atoms with Crippen LogP contribution >= 0.6 is 11.3 Å². The lowest BCUT2D eigenvalue weighted by Gasteiger charge is -2.36. The number of amides is 2. The van der Waals surface area contributed by atoms with Gasteiger partial charge in [-0.1, -0.05) is 30.3 Å². The van der Waals surface area contributed by atoms with Gasteiger partial charge in [0.25, 0.3) is 5.91 Å². The third-order valence-corrected chi connectivity index (χ3v) is 6.59. The summed E-state index contributed by atoms with van der Waals surface area (Å²) in [6, 6.07) is 9.92. The predicted molar refractivity (Wildman–Crippen MR) is 108 cm³/mol. The molecule has 1 aromatic heterocycles. The Morgan fingerprint density at radius 3 is 2.61 bits per heavy atom. The third kappa shape index (κ3) is 3.95. The maximum absolute atomic E-state index is 13.2. The predicted octanol–water partition coefficient (Wildman–Crippen LogP) is 2.83. The van der Waals surface area contributed by atoms with E-state index in [1.807, 2.05) is 47.1 Å². The maximum Gasteiger partial charge on any atom is 0.265 e. The smallest absolute Gasteiger partial charge is 0.265 e. The van der Waals surface area contributed by atoms with Crippen molar-refractivity contribution in [2.45, 2.75) is 19.8 Å². The number of piperidine rings is 1. The second kappa shape index (κ2) is 8.41. The summed E-state index contributed by atoms with van der Waals surface area (Å²) in [5.41, 5.74) is 1.78. The molecular formula is C21H25N3O3S. The normalized spacial score (nSPS) is 20.2. The standard InChI is InChI=1S/C21H25N3O3S/c1-15-18(28-19(22-15)16-6-3-2-4-7-16)21(26)24-9-5-8-17(14-24)20(25)23-10-12-27-13-11-23/h2-4,6-7,17H,5,8-14H2,1H3. The Balaban J connectivity index is 1.47. The van der Waals surface area contributed by atoms with Crippen LogP contribution in [0.25, 0.3) is 10.6 Å². The zero-order valence-corrected chi connectivity index (χ0v) is 16.9. The molecule has 3 heterocycles. The molecule has 0 bridgehead atoms. The van der Waals surface area contributed by atoms with E-state index >= 15 is 0 Å².